The smallest absolute Gasteiger partial charge is 0.225 e. The van der Waals surface area contributed by atoms with Gasteiger partial charge in [-0.3, -0.25) is 9.88 Å². The summed E-state index contributed by atoms with van der Waals surface area (Å²) in [5.41, 5.74) is 3.00. The second-order valence-corrected chi connectivity index (χ2v) is 12.8. The highest BCUT2D eigenvalue weighted by Gasteiger charge is 2.38. The molecule has 6 rings (SSSR count). The molecule has 1 aliphatic rings. The summed E-state index contributed by atoms with van der Waals surface area (Å²) in [7, 11) is -2.42. The Balaban J connectivity index is 1.23. The van der Waals surface area contributed by atoms with Gasteiger partial charge in [0.05, 0.1) is 16.3 Å². The lowest BCUT2D eigenvalue weighted by molar-refractivity contribution is 0.0245. The maximum Gasteiger partial charge on any atom is 0.225 e. The molecule has 0 saturated heterocycles. The summed E-state index contributed by atoms with van der Waals surface area (Å²) in [6, 6.07) is 20.3. The van der Waals surface area contributed by atoms with E-state index in [0.29, 0.717) is 69.6 Å². The van der Waals surface area contributed by atoms with Crippen molar-refractivity contribution in [2.24, 2.45) is 0 Å². The third kappa shape index (κ3) is 8.04. The number of anilines is 2. The molecule has 13 heteroatoms. The van der Waals surface area contributed by atoms with Crippen LogP contribution in [-0.4, -0.2) is 46.9 Å². The molecule has 48 heavy (non-hydrogen) atoms. The third-order valence-electron chi connectivity index (χ3n) is 7.95. The molecule has 2 aromatic heterocycles. The molecule has 3 heterocycles. The first-order chi connectivity index (χ1) is 23.3. The minimum absolute atomic E-state index is 0.196. The van der Waals surface area contributed by atoms with Crippen molar-refractivity contribution >= 4 is 54.1 Å². The van der Waals surface area contributed by atoms with Crippen molar-refractivity contribution in [1.82, 2.24) is 19.9 Å². The average molecular weight is 735 g/mol. The Kier molecular flexibility index (Phi) is 10.4. The molecular weight excluding hydrogens is 704 g/mol. The Labute approximate surface area is 285 Å². The second kappa shape index (κ2) is 15.0. The van der Waals surface area contributed by atoms with Crippen molar-refractivity contribution in [2.45, 2.75) is 31.5 Å². The maximum atomic E-state index is 15.8. The molecule has 0 saturated carbocycles. The number of ether oxygens (including phenoxy) is 2. The standard InChI is InChI=1S/C35H30BrF2N5O4S/c36-30-18-27(8-9-33(30)46-21-24-5-3-6-25(37)17-24)42-34-28-19-29(31(38)20-32(28)40-22-41-34)35(11-4-16-47-35)12-15-43(23-48(44)45)14-10-26-7-1-2-13-39-26/h1-9,13,16-20,22-23H,10-12,14-15,21H2,(H,40,41,42). The molecule has 1 unspecified atom stereocenters. The molecule has 0 spiro atoms. The quantitative estimate of drug-likeness (QED) is 0.127. The van der Waals surface area contributed by atoms with Gasteiger partial charge in [0.2, 0.25) is 10.3 Å². The molecule has 5 aromatic rings. The van der Waals surface area contributed by atoms with Crippen molar-refractivity contribution in [3.8, 4) is 5.75 Å². The fourth-order valence-corrected chi connectivity index (χ4v) is 6.50. The Morgan fingerprint density at radius 1 is 1.02 bits per heavy atom. The molecule has 1 aliphatic heterocycles. The van der Waals surface area contributed by atoms with Crippen LogP contribution in [0.4, 0.5) is 20.3 Å². The number of fused-ring (bicyclic) bond motifs is 1. The van der Waals surface area contributed by atoms with Crippen LogP contribution in [0.15, 0.2) is 102 Å². The molecule has 0 aliphatic carbocycles. The van der Waals surface area contributed by atoms with Gasteiger partial charge in [0.25, 0.3) is 0 Å². The number of aromatic nitrogens is 3. The van der Waals surface area contributed by atoms with Crippen molar-refractivity contribution in [2.75, 3.05) is 18.4 Å². The summed E-state index contributed by atoms with van der Waals surface area (Å²) in [6.07, 6.45) is 7.66. The first-order valence-electron chi connectivity index (χ1n) is 15.1. The van der Waals surface area contributed by atoms with Crippen molar-refractivity contribution in [3.05, 3.63) is 131 Å². The number of rotatable bonds is 13. The molecule has 0 amide bonds. The highest BCUT2D eigenvalue weighted by Crippen LogP contribution is 2.41. The molecule has 0 fully saturated rings. The zero-order valence-electron chi connectivity index (χ0n) is 25.5. The zero-order valence-corrected chi connectivity index (χ0v) is 27.9. The summed E-state index contributed by atoms with van der Waals surface area (Å²) >= 11 is 3.55. The molecule has 1 atom stereocenters. The highest BCUT2D eigenvalue weighted by molar-refractivity contribution is 9.10. The Morgan fingerprint density at radius 3 is 2.67 bits per heavy atom. The minimum atomic E-state index is -2.42. The number of nitrogens with one attached hydrogen (secondary N) is 1. The number of nitrogens with zero attached hydrogens (tertiary/aromatic N) is 4. The van der Waals surface area contributed by atoms with E-state index in [9.17, 15) is 12.8 Å². The zero-order chi connectivity index (χ0) is 33.5. The van der Waals surface area contributed by atoms with Crippen molar-refractivity contribution < 1.29 is 26.7 Å². The van der Waals surface area contributed by atoms with E-state index in [1.165, 1.54) is 24.5 Å². The first kappa shape index (κ1) is 33.2. The van der Waals surface area contributed by atoms with Crippen LogP contribution in [0.1, 0.15) is 29.7 Å². The first-order valence-corrected chi connectivity index (χ1v) is 17.0. The Hall–Kier alpha value is -4.72. The topological polar surface area (TPSA) is 107 Å². The predicted molar refractivity (Wildman–Crippen MR) is 183 cm³/mol. The molecule has 3 aromatic carbocycles. The van der Waals surface area contributed by atoms with Crippen LogP contribution in [0.3, 0.4) is 0 Å². The van der Waals surface area contributed by atoms with E-state index in [-0.39, 0.29) is 19.0 Å². The molecule has 1 N–H and O–H groups in total. The second-order valence-electron chi connectivity index (χ2n) is 11.2. The molecule has 0 radical (unpaired) electrons. The summed E-state index contributed by atoms with van der Waals surface area (Å²) in [5.74, 6) is 0.205. The SMILES string of the molecule is O=S(=O)=CN(CCc1ccccn1)CCC1(c2cc3c(Nc4ccc(OCc5cccc(F)c5)c(Br)c4)ncnc3cc2F)CC=CO1. The monoisotopic (exact) mass is 733 g/mol. The lowest BCUT2D eigenvalue weighted by Gasteiger charge is -2.32. The van der Waals surface area contributed by atoms with E-state index in [0.717, 1.165) is 11.2 Å². The fourth-order valence-electron chi connectivity index (χ4n) is 5.55. The van der Waals surface area contributed by atoms with Gasteiger partial charge < -0.3 is 14.8 Å². The number of benzene rings is 3. The van der Waals surface area contributed by atoms with E-state index >= 15 is 4.39 Å². The third-order valence-corrected chi connectivity index (χ3v) is 9.04. The van der Waals surface area contributed by atoms with E-state index in [2.05, 4.69) is 36.2 Å². The summed E-state index contributed by atoms with van der Waals surface area (Å²) < 4.78 is 65.3. The van der Waals surface area contributed by atoms with E-state index in [1.807, 2.05) is 36.4 Å². The van der Waals surface area contributed by atoms with Crippen molar-refractivity contribution in [3.63, 3.8) is 0 Å². The number of hydrogen-bond acceptors (Lipinski definition) is 8. The van der Waals surface area contributed by atoms with Gasteiger partial charge in [0.1, 0.15) is 47.2 Å². The van der Waals surface area contributed by atoms with Crippen LogP contribution in [0.5, 0.6) is 5.75 Å². The number of halogens is 3. The average Bonchev–Trinajstić information content (AvgIpc) is 3.56. The lowest BCUT2D eigenvalue weighted by atomic mass is 9.86. The Bertz CT molecular complexity index is 2080. The maximum absolute atomic E-state index is 15.8. The summed E-state index contributed by atoms with van der Waals surface area (Å²) in [6.45, 7) is 0.889. The van der Waals surface area contributed by atoms with Gasteiger partial charge in [0.15, 0.2) is 0 Å². The predicted octanol–water partition coefficient (Wildman–Crippen LogP) is 7.09. The van der Waals surface area contributed by atoms with Crippen molar-refractivity contribution in [1.29, 1.82) is 0 Å². The largest absolute Gasteiger partial charge is 0.490 e. The van der Waals surface area contributed by atoms with Gasteiger partial charge in [-0.15, -0.1) is 0 Å². The minimum Gasteiger partial charge on any atom is -0.490 e. The lowest BCUT2D eigenvalue weighted by Crippen LogP contribution is -2.34. The van der Waals surface area contributed by atoms with Crippen LogP contribution in [0.25, 0.3) is 10.9 Å². The van der Waals surface area contributed by atoms with E-state index < -0.39 is 21.7 Å². The Morgan fingerprint density at radius 2 is 1.92 bits per heavy atom. The van der Waals surface area contributed by atoms with Gasteiger partial charge in [0, 0.05) is 66.9 Å². The van der Waals surface area contributed by atoms with E-state index in [4.69, 9.17) is 9.47 Å². The van der Waals surface area contributed by atoms with Gasteiger partial charge in [-0.1, -0.05) is 18.2 Å². The molecular formula is C35H30BrF2N5O4S. The summed E-state index contributed by atoms with van der Waals surface area (Å²) in [5, 5.41) is 3.87. The molecule has 246 valence electrons. The van der Waals surface area contributed by atoms with Crippen LogP contribution < -0.4 is 10.1 Å². The molecule has 0 bridgehead atoms. The van der Waals surface area contributed by atoms with Gasteiger partial charge >= 0.3 is 0 Å². The van der Waals surface area contributed by atoms with Crippen LogP contribution in [-0.2, 0) is 33.7 Å². The fraction of sp³-hybridized carbons (Fsp3) is 0.200. The molecule has 9 nitrogen and oxygen atoms in total. The number of hydrogen-bond donors (Lipinski definition) is 1. The van der Waals surface area contributed by atoms with Gasteiger partial charge in [-0.25, -0.2) is 18.7 Å². The highest BCUT2D eigenvalue weighted by atomic mass is 79.9. The van der Waals surface area contributed by atoms with Gasteiger partial charge in [-0.05, 0) is 76.1 Å². The van der Waals surface area contributed by atoms with E-state index in [1.54, 1.807) is 41.6 Å². The van der Waals surface area contributed by atoms with Crippen LogP contribution in [0, 0.1) is 11.6 Å². The number of pyridine rings is 1. The van der Waals surface area contributed by atoms with Crippen LogP contribution >= 0.6 is 15.9 Å². The summed E-state index contributed by atoms with van der Waals surface area (Å²) in [4.78, 5) is 14.7. The normalized spacial score (nSPS) is 15.4. The van der Waals surface area contributed by atoms with Gasteiger partial charge in [-0.2, -0.15) is 8.42 Å². The van der Waals surface area contributed by atoms with Crippen LogP contribution in [0.2, 0.25) is 0 Å².